The number of aryl methyl sites for hydroxylation is 3. The van der Waals surface area contributed by atoms with Crippen LogP contribution in [0, 0.1) is 20.8 Å². The summed E-state index contributed by atoms with van der Waals surface area (Å²) in [5.74, 6) is 0. The normalized spacial score (nSPS) is 10.3. The summed E-state index contributed by atoms with van der Waals surface area (Å²) in [5.41, 5.74) is 6.51. The van der Waals surface area contributed by atoms with Gasteiger partial charge in [0.15, 0.2) is 0 Å². The molecular formula is C17H19NO. The third-order valence-corrected chi connectivity index (χ3v) is 3.36. The number of carbonyl (C=O) groups excluding carboxylic acids is 1. The number of hydrogen-bond donors (Lipinski definition) is 0. The number of nitrogens with zero attached hydrogens (tertiary/aromatic N) is 1. The molecule has 19 heavy (non-hydrogen) atoms. The summed E-state index contributed by atoms with van der Waals surface area (Å²) >= 11 is 0. The monoisotopic (exact) mass is 253 g/mol. The molecule has 2 heteroatoms. The highest BCUT2D eigenvalue weighted by Crippen LogP contribution is 2.26. The molecule has 0 aromatic heterocycles. The van der Waals surface area contributed by atoms with Crippen molar-refractivity contribution in [1.82, 2.24) is 0 Å². The third-order valence-electron chi connectivity index (χ3n) is 3.36. The van der Waals surface area contributed by atoms with Crippen LogP contribution in [0.25, 0.3) is 0 Å². The lowest BCUT2D eigenvalue weighted by molar-refractivity contribution is 0.112. The largest absolute Gasteiger partial charge is 0.345 e. The van der Waals surface area contributed by atoms with E-state index in [9.17, 15) is 4.79 Å². The van der Waals surface area contributed by atoms with Crippen LogP contribution in [0.4, 0.5) is 11.4 Å². The van der Waals surface area contributed by atoms with Crippen LogP contribution in [0.5, 0.6) is 0 Å². The van der Waals surface area contributed by atoms with E-state index in [0.717, 1.165) is 28.8 Å². The lowest BCUT2D eigenvalue weighted by atomic mass is 10.1. The van der Waals surface area contributed by atoms with E-state index in [4.69, 9.17) is 0 Å². The minimum atomic E-state index is 0.748. The molecule has 0 spiro atoms. The van der Waals surface area contributed by atoms with Gasteiger partial charge in [-0.2, -0.15) is 0 Å². The maximum absolute atomic E-state index is 10.9. The molecule has 2 aromatic carbocycles. The summed E-state index contributed by atoms with van der Waals surface area (Å²) in [5, 5.41) is 0. The fourth-order valence-electron chi connectivity index (χ4n) is 2.29. The van der Waals surface area contributed by atoms with Crippen molar-refractivity contribution in [3.8, 4) is 0 Å². The fourth-order valence-corrected chi connectivity index (χ4v) is 2.29. The molecule has 0 amide bonds. The molecular weight excluding hydrogens is 234 g/mol. The van der Waals surface area contributed by atoms with Crippen molar-refractivity contribution < 1.29 is 4.79 Å². The van der Waals surface area contributed by atoms with E-state index in [1.807, 2.05) is 32.2 Å². The van der Waals surface area contributed by atoms with Gasteiger partial charge in [0, 0.05) is 24.0 Å². The smallest absolute Gasteiger partial charge is 0.150 e. The van der Waals surface area contributed by atoms with E-state index in [2.05, 4.69) is 36.9 Å². The van der Waals surface area contributed by atoms with Crippen molar-refractivity contribution in [2.75, 3.05) is 11.9 Å². The number of rotatable bonds is 3. The number of anilines is 2. The second kappa shape index (κ2) is 5.27. The molecule has 0 radical (unpaired) electrons. The van der Waals surface area contributed by atoms with Gasteiger partial charge in [0.25, 0.3) is 0 Å². The van der Waals surface area contributed by atoms with Crippen LogP contribution in [0.1, 0.15) is 27.0 Å². The van der Waals surface area contributed by atoms with E-state index < -0.39 is 0 Å². The average molecular weight is 253 g/mol. The molecule has 0 heterocycles. The zero-order valence-electron chi connectivity index (χ0n) is 11.9. The molecule has 0 aliphatic heterocycles. The highest BCUT2D eigenvalue weighted by Gasteiger charge is 2.07. The molecule has 2 nitrogen and oxygen atoms in total. The van der Waals surface area contributed by atoms with E-state index in [1.165, 1.54) is 11.1 Å². The molecule has 0 bridgehead atoms. The predicted molar refractivity (Wildman–Crippen MR) is 80.5 cm³/mol. The highest BCUT2D eigenvalue weighted by molar-refractivity contribution is 5.79. The lowest BCUT2D eigenvalue weighted by Gasteiger charge is -2.21. The topological polar surface area (TPSA) is 20.3 Å². The molecule has 2 aromatic rings. The fraction of sp³-hybridized carbons (Fsp3) is 0.235. The molecule has 0 aliphatic rings. The minimum absolute atomic E-state index is 0.748. The van der Waals surface area contributed by atoms with Gasteiger partial charge < -0.3 is 4.90 Å². The highest BCUT2D eigenvalue weighted by atomic mass is 16.1. The summed E-state index contributed by atoms with van der Waals surface area (Å²) in [6.07, 6.45) is 0.899. The first-order valence-electron chi connectivity index (χ1n) is 6.39. The average Bonchev–Trinajstić information content (AvgIpc) is 2.36. The number of carbonyl (C=O) groups is 1. The summed E-state index contributed by atoms with van der Waals surface area (Å²) in [4.78, 5) is 13.0. The first-order valence-corrected chi connectivity index (χ1v) is 6.39. The van der Waals surface area contributed by atoms with Crippen molar-refractivity contribution in [2.24, 2.45) is 0 Å². The Labute approximate surface area is 114 Å². The van der Waals surface area contributed by atoms with Crippen LogP contribution in [-0.4, -0.2) is 13.3 Å². The second-order valence-electron chi connectivity index (χ2n) is 5.06. The van der Waals surface area contributed by atoms with Crippen LogP contribution < -0.4 is 4.90 Å². The molecule has 0 atom stereocenters. The number of aldehydes is 1. The van der Waals surface area contributed by atoms with Crippen LogP contribution in [0.3, 0.4) is 0 Å². The zero-order chi connectivity index (χ0) is 14.0. The zero-order valence-corrected chi connectivity index (χ0v) is 11.9. The Morgan fingerprint density at radius 3 is 2.05 bits per heavy atom. The van der Waals surface area contributed by atoms with E-state index >= 15 is 0 Å². The molecule has 0 fully saturated rings. The quantitative estimate of drug-likeness (QED) is 0.764. The van der Waals surface area contributed by atoms with Crippen LogP contribution >= 0.6 is 0 Å². The maximum Gasteiger partial charge on any atom is 0.150 e. The minimum Gasteiger partial charge on any atom is -0.345 e. The molecule has 98 valence electrons. The van der Waals surface area contributed by atoms with Crippen molar-refractivity contribution in [2.45, 2.75) is 20.8 Å². The Balaban J connectivity index is 2.40. The van der Waals surface area contributed by atoms with E-state index in [0.29, 0.717) is 0 Å². The van der Waals surface area contributed by atoms with Gasteiger partial charge in [0.05, 0.1) is 0 Å². The standard InChI is InChI=1S/C17H19NO/c1-12-7-13(2)9-17(8-12)18(4)16-6-5-15(11-19)14(3)10-16/h5-11H,1-4H3. The Kier molecular flexibility index (Phi) is 3.70. The van der Waals surface area contributed by atoms with Crippen molar-refractivity contribution in [1.29, 1.82) is 0 Å². The maximum atomic E-state index is 10.9. The first kappa shape index (κ1) is 13.3. The van der Waals surface area contributed by atoms with Crippen molar-refractivity contribution >= 4 is 17.7 Å². The Morgan fingerprint density at radius 1 is 0.895 bits per heavy atom. The Bertz CT molecular complexity index is 596. The van der Waals surface area contributed by atoms with Gasteiger partial charge in [0.1, 0.15) is 6.29 Å². The van der Waals surface area contributed by atoms with Gasteiger partial charge >= 0.3 is 0 Å². The lowest BCUT2D eigenvalue weighted by Crippen LogP contribution is -2.10. The second-order valence-corrected chi connectivity index (χ2v) is 5.06. The van der Waals surface area contributed by atoms with Gasteiger partial charge in [-0.15, -0.1) is 0 Å². The van der Waals surface area contributed by atoms with Gasteiger partial charge in [-0.05, 0) is 67.8 Å². The SMILES string of the molecule is Cc1cc(C)cc(N(C)c2ccc(C=O)c(C)c2)c1. The summed E-state index contributed by atoms with van der Waals surface area (Å²) in [6.45, 7) is 6.17. The molecule has 0 N–H and O–H groups in total. The molecule has 0 saturated heterocycles. The predicted octanol–water partition coefficient (Wildman–Crippen LogP) is 4.19. The first-order chi connectivity index (χ1) is 9.01. The number of benzene rings is 2. The van der Waals surface area contributed by atoms with Crippen LogP contribution in [-0.2, 0) is 0 Å². The molecule has 0 aliphatic carbocycles. The van der Waals surface area contributed by atoms with E-state index in [1.54, 1.807) is 0 Å². The molecule has 0 saturated carbocycles. The molecule has 2 rings (SSSR count). The number of hydrogen-bond acceptors (Lipinski definition) is 2. The molecule has 0 unspecified atom stereocenters. The summed E-state index contributed by atoms with van der Waals surface area (Å²) < 4.78 is 0. The van der Waals surface area contributed by atoms with Gasteiger partial charge in [-0.1, -0.05) is 6.07 Å². The van der Waals surface area contributed by atoms with Crippen molar-refractivity contribution in [3.05, 3.63) is 58.7 Å². The van der Waals surface area contributed by atoms with Crippen LogP contribution in [0.15, 0.2) is 36.4 Å². The third kappa shape index (κ3) is 2.84. The Hall–Kier alpha value is -2.09. The van der Waals surface area contributed by atoms with Crippen molar-refractivity contribution in [3.63, 3.8) is 0 Å². The summed E-state index contributed by atoms with van der Waals surface area (Å²) in [7, 11) is 2.05. The van der Waals surface area contributed by atoms with Gasteiger partial charge in [-0.25, -0.2) is 0 Å². The van der Waals surface area contributed by atoms with E-state index in [-0.39, 0.29) is 0 Å². The summed E-state index contributed by atoms with van der Waals surface area (Å²) in [6, 6.07) is 12.4. The van der Waals surface area contributed by atoms with Crippen LogP contribution in [0.2, 0.25) is 0 Å². The van der Waals surface area contributed by atoms with Gasteiger partial charge in [-0.3, -0.25) is 4.79 Å². The Morgan fingerprint density at radius 2 is 1.53 bits per heavy atom. The van der Waals surface area contributed by atoms with Gasteiger partial charge in [0.2, 0.25) is 0 Å².